The lowest BCUT2D eigenvalue weighted by Gasteiger charge is -2.19. The second-order valence-corrected chi connectivity index (χ2v) is 9.04. The normalized spacial score (nSPS) is 12.4. The zero-order chi connectivity index (χ0) is 23.0. The number of nitrogens with zero attached hydrogens (tertiary/aromatic N) is 1. The molecule has 2 aromatic rings. The molecule has 0 saturated heterocycles. The van der Waals surface area contributed by atoms with E-state index in [1.54, 1.807) is 19.1 Å². The van der Waals surface area contributed by atoms with Crippen LogP contribution in [0, 0.1) is 0 Å². The van der Waals surface area contributed by atoms with Gasteiger partial charge in [0.25, 0.3) is 5.91 Å². The minimum Gasteiger partial charge on any atom is -0.492 e. The highest BCUT2D eigenvalue weighted by Gasteiger charge is 2.18. The topological polar surface area (TPSA) is 70.7 Å². The van der Waals surface area contributed by atoms with Gasteiger partial charge >= 0.3 is 0 Å². The second-order valence-electron chi connectivity index (χ2n) is 9.04. The molecule has 2 rings (SSSR count). The highest BCUT2D eigenvalue weighted by atomic mass is 16.5. The van der Waals surface area contributed by atoms with E-state index in [0.29, 0.717) is 18.7 Å². The quantitative estimate of drug-likeness (QED) is 0.646. The van der Waals surface area contributed by atoms with Crippen LogP contribution in [0.5, 0.6) is 5.75 Å². The van der Waals surface area contributed by atoms with Crippen molar-refractivity contribution in [3.8, 4) is 5.75 Å². The van der Waals surface area contributed by atoms with Crippen molar-refractivity contribution in [1.29, 1.82) is 0 Å². The molecule has 0 bridgehead atoms. The predicted octanol–water partition coefficient (Wildman–Crippen LogP) is 3.36. The fourth-order valence-corrected chi connectivity index (χ4v) is 2.86. The summed E-state index contributed by atoms with van der Waals surface area (Å²) in [4.78, 5) is 26.9. The molecule has 2 aromatic carbocycles. The number of rotatable bonds is 9. The SMILES string of the molecule is CC(NC(=O)c1ccc(C(C)(C)C)cc1)C(=O)NCc1ccc(OCCN(C)C)cc1. The summed E-state index contributed by atoms with van der Waals surface area (Å²) in [7, 11) is 4.00. The molecule has 0 fully saturated rings. The Hall–Kier alpha value is -2.86. The van der Waals surface area contributed by atoms with Crippen LogP contribution >= 0.6 is 0 Å². The van der Waals surface area contributed by atoms with E-state index in [-0.39, 0.29) is 17.2 Å². The molecular formula is C25H35N3O3. The molecule has 0 radical (unpaired) electrons. The van der Waals surface area contributed by atoms with Crippen LogP contribution in [0.2, 0.25) is 0 Å². The molecule has 31 heavy (non-hydrogen) atoms. The average molecular weight is 426 g/mol. The van der Waals surface area contributed by atoms with Crippen molar-refractivity contribution in [3.05, 3.63) is 65.2 Å². The second kappa shape index (κ2) is 11.0. The summed E-state index contributed by atoms with van der Waals surface area (Å²) in [5.41, 5.74) is 2.68. The largest absolute Gasteiger partial charge is 0.492 e. The summed E-state index contributed by atoms with van der Waals surface area (Å²) >= 11 is 0. The zero-order valence-corrected chi connectivity index (χ0v) is 19.5. The summed E-state index contributed by atoms with van der Waals surface area (Å²) in [6.07, 6.45) is 0. The molecule has 6 nitrogen and oxygen atoms in total. The third kappa shape index (κ3) is 8.06. The predicted molar refractivity (Wildman–Crippen MR) is 124 cm³/mol. The molecule has 0 saturated carbocycles. The molecule has 0 aliphatic heterocycles. The van der Waals surface area contributed by atoms with E-state index in [4.69, 9.17) is 4.74 Å². The van der Waals surface area contributed by atoms with Crippen molar-refractivity contribution in [1.82, 2.24) is 15.5 Å². The number of hydrogen-bond acceptors (Lipinski definition) is 4. The minimum absolute atomic E-state index is 0.0265. The maximum atomic E-state index is 12.5. The van der Waals surface area contributed by atoms with Crippen molar-refractivity contribution in [2.75, 3.05) is 27.2 Å². The summed E-state index contributed by atoms with van der Waals surface area (Å²) in [6.45, 7) is 9.91. The van der Waals surface area contributed by atoms with Crippen LogP contribution in [0.15, 0.2) is 48.5 Å². The first-order valence-corrected chi connectivity index (χ1v) is 10.6. The highest BCUT2D eigenvalue weighted by molar-refractivity contribution is 5.97. The van der Waals surface area contributed by atoms with Gasteiger partial charge in [0.05, 0.1) is 0 Å². The Bertz CT molecular complexity index is 853. The van der Waals surface area contributed by atoms with E-state index in [2.05, 4.69) is 36.3 Å². The number of carbonyl (C=O) groups excluding carboxylic acids is 2. The van der Waals surface area contributed by atoms with Crippen molar-refractivity contribution >= 4 is 11.8 Å². The third-order valence-electron chi connectivity index (χ3n) is 4.95. The Labute approximate surface area is 186 Å². The first-order chi connectivity index (χ1) is 14.6. The van der Waals surface area contributed by atoms with Crippen LogP contribution in [0.3, 0.4) is 0 Å². The third-order valence-corrected chi connectivity index (χ3v) is 4.95. The molecule has 2 N–H and O–H groups in total. The highest BCUT2D eigenvalue weighted by Crippen LogP contribution is 2.22. The van der Waals surface area contributed by atoms with Crippen molar-refractivity contribution in [2.45, 2.75) is 45.7 Å². The molecule has 1 unspecified atom stereocenters. The molecule has 0 aliphatic rings. The van der Waals surface area contributed by atoms with Crippen LogP contribution in [0.1, 0.15) is 49.2 Å². The summed E-state index contributed by atoms with van der Waals surface area (Å²) < 4.78 is 5.67. The van der Waals surface area contributed by atoms with Crippen molar-refractivity contribution in [3.63, 3.8) is 0 Å². The lowest BCUT2D eigenvalue weighted by Crippen LogP contribution is -2.44. The van der Waals surface area contributed by atoms with Crippen LogP contribution in [0.4, 0.5) is 0 Å². The number of ether oxygens (including phenoxy) is 1. The average Bonchev–Trinajstić information content (AvgIpc) is 2.72. The summed E-state index contributed by atoms with van der Waals surface area (Å²) in [5, 5.41) is 5.62. The van der Waals surface area contributed by atoms with Gasteiger partial charge in [0.1, 0.15) is 18.4 Å². The van der Waals surface area contributed by atoms with E-state index < -0.39 is 6.04 Å². The van der Waals surface area contributed by atoms with Gasteiger partial charge in [-0.15, -0.1) is 0 Å². The molecule has 2 amide bonds. The first kappa shape index (κ1) is 24.4. The van der Waals surface area contributed by atoms with E-state index >= 15 is 0 Å². The monoisotopic (exact) mass is 425 g/mol. The number of hydrogen-bond donors (Lipinski definition) is 2. The van der Waals surface area contributed by atoms with E-state index in [1.165, 1.54) is 0 Å². The summed E-state index contributed by atoms with van der Waals surface area (Å²) in [5.74, 6) is 0.309. The van der Waals surface area contributed by atoms with Crippen LogP contribution < -0.4 is 15.4 Å². The molecule has 0 spiro atoms. The summed E-state index contributed by atoms with van der Waals surface area (Å²) in [6, 6.07) is 14.5. The van der Waals surface area contributed by atoms with E-state index in [0.717, 1.165) is 23.4 Å². The molecule has 0 aliphatic carbocycles. The van der Waals surface area contributed by atoms with Gasteiger partial charge in [-0.3, -0.25) is 9.59 Å². The van der Waals surface area contributed by atoms with Gasteiger partial charge in [0.15, 0.2) is 0 Å². The van der Waals surface area contributed by atoms with Crippen LogP contribution in [-0.4, -0.2) is 50.0 Å². The molecule has 0 aromatic heterocycles. The van der Waals surface area contributed by atoms with Gasteiger partial charge in [-0.05, 0) is 61.8 Å². The number of amides is 2. The Kier molecular flexibility index (Phi) is 8.63. The molecule has 6 heteroatoms. The van der Waals surface area contributed by atoms with Crippen LogP contribution in [0.25, 0.3) is 0 Å². The number of likely N-dealkylation sites (N-methyl/N-ethyl adjacent to an activating group) is 1. The molecule has 1 atom stereocenters. The van der Waals surface area contributed by atoms with Gasteiger partial charge in [0, 0.05) is 18.7 Å². The lowest BCUT2D eigenvalue weighted by molar-refractivity contribution is -0.122. The fraction of sp³-hybridized carbons (Fsp3) is 0.440. The van der Waals surface area contributed by atoms with Crippen molar-refractivity contribution in [2.24, 2.45) is 0 Å². The lowest BCUT2D eigenvalue weighted by atomic mass is 9.86. The van der Waals surface area contributed by atoms with Crippen LogP contribution in [-0.2, 0) is 16.8 Å². The molecule has 0 heterocycles. The fourth-order valence-electron chi connectivity index (χ4n) is 2.86. The Morgan fingerprint density at radius 2 is 1.61 bits per heavy atom. The Morgan fingerprint density at radius 1 is 1.00 bits per heavy atom. The maximum absolute atomic E-state index is 12.5. The Balaban J connectivity index is 1.81. The van der Waals surface area contributed by atoms with Gasteiger partial charge in [-0.25, -0.2) is 0 Å². The van der Waals surface area contributed by atoms with Gasteiger partial charge in [-0.1, -0.05) is 45.0 Å². The first-order valence-electron chi connectivity index (χ1n) is 10.6. The zero-order valence-electron chi connectivity index (χ0n) is 19.5. The Morgan fingerprint density at radius 3 is 2.16 bits per heavy atom. The molecular weight excluding hydrogens is 390 g/mol. The van der Waals surface area contributed by atoms with E-state index in [1.807, 2.05) is 50.5 Å². The van der Waals surface area contributed by atoms with Crippen molar-refractivity contribution < 1.29 is 14.3 Å². The van der Waals surface area contributed by atoms with Gasteiger partial charge in [0.2, 0.25) is 5.91 Å². The minimum atomic E-state index is -0.636. The van der Waals surface area contributed by atoms with Gasteiger partial charge < -0.3 is 20.3 Å². The van der Waals surface area contributed by atoms with E-state index in [9.17, 15) is 9.59 Å². The number of benzene rings is 2. The maximum Gasteiger partial charge on any atom is 0.251 e. The number of carbonyl (C=O) groups is 2. The van der Waals surface area contributed by atoms with Gasteiger partial charge in [-0.2, -0.15) is 0 Å². The number of nitrogens with one attached hydrogen (secondary N) is 2. The standard InChI is InChI=1S/C25H35N3O3/c1-18(27-24(30)20-9-11-21(12-10-20)25(2,3)4)23(29)26-17-19-7-13-22(14-8-19)31-16-15-28(5)6/h7-14,18H,15-17H2,1-6H3,(H,26,29)(H,27,30). The smallest absolute Gasteiger partial charge is 0.251 e. The molecule has 168 valence electrons.